The summed E-state index contributed by atoms with van der Waals surface area (Å²) in [5.41, 5.74) is 4.70. The van der Waals surface area contributed by atoms with Gasteiger partial charge in [0.15, 0.2) is 0 Å². The van der Waals surface area contributed by atoms with E-state index >= 15 is 0 Å². The van der Waals surface area contributed by atoms with Gasteiger partial charge < -0.3 is 10.1 Å². The zero-order valence-electron chi connectivity index (χ0n) is 10.2. The number of nitrogens with one attached hydrogen (secondary N) is 1. The molecule has 1 aliphatic rings. The van der Waals surface area contributed by atoms with E-state index in [1.165, 1.54) is 11.3 Å². The van der Waals surface area contributed by atoms with E-state index in [1.807, 2.05) is 18.7 Å². The van der Waals surface area contributed by atoms with Gasteiger partial charge in [0, 0.05) is 13.6 Å². The standard InChI is InChI=1S/C12H19N3O/c1-9-12(10(2)15(3)14-9)13-7-11-5-4-6-16-8-11/h5,13H,4,6-8H2,1-3H3. The Hall–Kier alpha value is -1.29. The first-order valence-corrected chi connectivity index (χ1v) is 5.68. The topological polar surface area (TPSA) is 39.1 Å². The average molecular weight is 221 g/mol. The monoisotopic (exact) mass is 221 g/mol. The van der Waals surface area contributed by atoms with E-state index in [2.05, 4.69) is 23.4 Å². The van der Waals surface area contributed by atoms with Crippen molar-refractivity contribution >= 4 is 5.69 Å². The molecule has 0 aliphatic carbocycles. The number of aromatic nitrogens is 2. The number of hydrogen-bond acceptors (Lipinski definition) is 3. The molecule has 4 heteroatoms. The van der Waals surface area contributed by atoms with Crippen LogP contribution in [0.4, 0.5) is 5.69 Å². The molecule has 0 amide bonds. The van der Waals surface area contributed by atoms with Crippen molar-refractivity contribution in [1.29, 1.82) is 0 Å². The van der Waals surface area contributed by atoms with Crippen LogP contribution < -0.4 is 5.32 Å². The summed E-state index contributed by atoms with van der Waals surface area (Å²) in [4.78, 5) is 0. The molecule has 1 aromatic heterocycles. The van der Waals surface area contributed by atoms with Crippen LogP contribution in [0.2, 0.25) is 0 Å². The van der Waals surface area contributed by atoms with Crippen LogP contribution in [0, 0.1) is 13.8 Å². The summed E-state index contributed by atoms with van der Waals surface area (Å²) in [6.07, 6.45) is 3.29. The first-order chi connectivity index (χ1) is 7.68. The van der Waals surface area contributed by atoms with Crippen LogP contribution in [-0.2, 0) is 11.8 Å². The molecular formula is C12H19N3O. The molecule has 4 nitrogen and oxygen atoms in total. The summed E-state index contributed by atoms with van der Waals surface area (Å²) >= 11 is 0. The van der Waals surface area contributed by atoms with Crippen LogP contribution in [-0.4, -0.2) is 29.5 Å². The highest BCUT2D eigenvalue weighted by atomic mass is 16.5. The molecule has 0 atom stereocenters. The summed E-state index contributed by atoms with van der Waals surface area (Å²) in [5.74, 6) is 0. The second kappa shape index (κ2) is 4.70. The second-order valence-electron chi connectivity index (χ2n) is 4.23. The molecule has 2 rings (SSSR count). The molecule has 2 heterocycles. The third-order valence-corrected chi connectivity index (χ3v) is 2.98. The minimum absolute atomic E-state index is 0.755. The molecule has 0 unspecified atom stereocenters. The number of hydrogen-bond donors (Lipinski definition) is 1. The maximum absolute atomic E-state index is 5.41. The molecular weight excluding hydrogens is 202 g/mol. The SMILES string of the molecule is Cc1nn(C)c(C)c1NCC1=CCCOC1. The Morgan fingerprint density at radius 2 is 2.31 bits per heavy atom. The minimum Gasteiger partial charge on any atom is -0.378 e. The fraction of sp³-hybridized carbons (Fsp3) is 0.583. The van der Waals surface area contributed by atoms with Gasteiger partial charge in [0.1, 0.15) is 0 Å². The number of nitrogens with zero attached hydrogens (tertiary/aromatic N) is 2. The summed E-state index contributed by atoms with van der Waals surface area (Å²) in [6.45, 7) is 6.57. The van der Waals surface area contributed by atoms with Crippen molar-refractivity contribution in [2.24, 2.45) is 7.05 Å². The van der Waals surface area contributed by atoms with Gasteiger partial charge in [-0.05, 0) is 25.8 Å². The van der Waals surface area contributed by atoms with Crippen LogP contribution in [0.25, 0.3) is 0 Å². The van der Waals surface area contributed by atoms with Gasteiger partial charge >= 0.3 is 0 Å². The lowest BCUT2D eigenvalue weighted by Crippen LogP contribution is -2.14. The molecule has 1 aromatic rings. The molecule has 0 saturated carbocycles. The fourth-order valence-electron chi connectivity index (χ4n) is 1.96. The van der Waals surface area contributed by atoms with Crippen LogP contribution in [0.3, 0.4) is 0 Å². The molecule has 0 radical (unpaired) electrons. The maximum Gasteiger partial charge on any atom is 0.0827 e. The van der Waals surface area contributed by atoms with Crippen LogP contribution in [0.1, 0.15) is 17.8 Å². The fourth-order valence-corrected chi connectivity index (χ4v) is 1.96. The van der Waals surface area contributed by atoms with Gasteiger partial charge in [0.05, 0.1) is 30.3 Å². The quantitative estimate of drug-likeness (QED) is 0.791. The number of rotatable bonds is 3. The molecule has 0 bridgehead atoms. The van der Waals surface area contributed by atoms with Crippen molar-refractivity contribution in [2.45, 2.75) is 20.3 Å². The van der Waals surface area contributed by atoms with E-state index < -0.39 is 0 Å². The van der Waals surface area contributed by atoms with E-state index in [1.54, 1.807) is 0 Å². The molecule has 1 N–H and O–H groups in total. The first-order valence-electron chi connectivity index (χ1n) is 5.68. The van der Waals surface area contributed by atoms with Gasteiger partial charge in [-0.15, -0.1) is 0 Å². The van der Waals surface area contributed by atoms with Crippen LogP contribution in [0.5, 0.6) is 0 Å². The van der Waals surface area contributed by atoms with Gasteiger partial charge in [0.25, 0.3) is 0 Å². The maximum atomic E-state index is 5.41. The van der Waals surface area contributed by atoms with Crippen molar-refractivity contribution < 1.29 is 4.74 Å². The average Bonchev–Trinajstić information content (AvgIpc) is 2.53. The Kier molecular flexibility index (Phi) is 3.29. The Morgan fingerprint density at radius 3 is 2.88 bits per heavy atom. The van der Waals surface area contributed by atoms with E-state index in [0.29, 0.717) is 0 Å². The predicted molar refractivity (Wildman–Crippen MR) is 64.7 cm³/mol. The third-order valence-electron chi connectivity index (χ3n) is 2.98. The van der Waals surface area contributed by atoms with Crippen molar-refractivity contribution in [3.05, 3.63) is 23.0 Å². The van der Waals surface area contributed by atoms with Crippen molar-refractivity contribution in [3.8, 4) is 0 Å². The van der Waals surface area contributed by atoms with E-state index in [4.69, 9.17) is 4.74 Å². The molecule has 1 aliphatic heterocycles. The summed E-state index contributed by atoms with van der Waals surface area (Å²) in [5, 5.41) is 7.82. The lowest BCUT2D eigenvalue weighted by atomic mass is 10.2. The Labute approximate surface area is 96.3 Å². The van der Waals surface area contributed by atoms with Crippen molar-refractivity contribution in [3.63, 3.8) is 0 Å². The van der Waals surface area contributed by atoms with E-state index in [9.17, 15) is 0 Å². The molecule has 88 valence electrons. The van der Waals surface area contributed by atoms with Crippen molar-refractivity contribution in [1.82, 2.24) is 9.78 Å². The molecule has 0 fully saturated rings. The van der Waals surface area contributed by atoms with E-state index in [-0.39, 0.29) is 0 Å². The summed E-state index contributed by atoms with van der Waals surface area (Å²) < 4.78 is 7.31. The Bertz CT molecular complexity index is 407. The molecule has 0 spiro atoms. The molecule has 16 heavy (non-hydrogen) atoms. The van der Waals surface area contributed by atoms with Crippen molar-refractivity contribution in [2.75, 3.05) is 25.1 Å². The lowest BCUT2D eigenvalue weighted by Gasteiger charge is -2.15. The summed E-state index contributed by atoms with van der Waals surface area (Å²) in [7, 11) is 1.97. The number of anilines is 1. The predicted octanol–water partition coefficient (Wildman–Crippen LogP) is 1.80. The van der Waals surface area contributed by atoms with Gasteiger partial charge in [-0.2, -0.15) is 5.10 Å². The summed E-state index contributed by atoms with van der Waals surface area (Å²) in [6, 6.07) is 0. The molecule has 0 saturated heterocycles. The Balaban J connectivity index is 2.01. The second-order valence-corrected chi connectivity index (χ2v) is 4.23. The number of ether oxygens (including phenoxy) is 1. The van der Waals surface area contributed by atoms with Gasteiger partial charge in [-0.25, -0.2) is 0 Å². The zero-order valence-corrected chi connectivity index (χ0v) is 10.2. The van der Waals surface area contributed by atoms with Gasteiger partial charge in [-0.3, -0.25) is 4.68 Å². The highest BCUT2D eigenvalue weighted by Crippen LogP contribution is 2.19. The van der Waals surface area contributed by atoms with Gasteiger partial charge in [0.2, 0.25) is 0 Å². The highest BCUT2D eigenvalue weighted by Gasteiger charge is 2.10. The largest absolute Gasteiger partial charge is 0.378 e. The minimum atomic E-state index is 0.755. The number of aryl methyl sites for hydroxylation is 2. The van der Waals surface area contributed by atoms with Crippen LogP contribution >= 0.6 is 0 Å². The smallest absolute Gasteiger partial charge is 0.0827 e. The first kappa shape index (κ1) is 11.2. The zero-order chi connectivity index (χ0) is 11.5. The van der Waals surface area contributed by atoms with Gasteiger partial charge in [-0.1, -0.05) is 6.08 Å². The van der Waals surface area contributed by atoms with E-state index in [0.717, 1.165) is 37.6 Å². The molecule has 0 aromatic carbocycles. The third kappa shape index (κ3) is 2.27. The normalized spacial score (nSPS) is 16.1. The lowest BCUT2D eigenvalue weighted by molar-refractivity contribution is 0.150. The highest BCUT2D eigenvalue weighted by molar-refractivity contribution is 5.52. The van der Waals surface area contributed by atoms with Crippen LogP contribution in [0.15, 0.2) is 11.6 Å². The Morgan fingerprint density at radius 1 is 1.50 bits per heavy atom.